The maximum Gasteiger partial charge on any atom is 0.324 e. The summed E-state index contributed by atoms with van der Waals surface area (Å²) in [6, 6.07) is 3.57. The van der Waals surface area contributed by atoms with Crippen molar-refractivity contribution in [2.24, 2.45) is 0 Å². The minimum Gasteiger partial charge on any atom is -0.332 e. The number of nitrogens with zero attached hydrogens (tertiary/aromatic N) is 2. The Hall–Kier alpha value is -0.950. The SMILES string of the molecule is O=C(c1ccc([N+](=O)[O-])s1)N1C2CCC1CC(Br)C2. The number of rotatable bonds is 2. The van der Waals surface area contributed by atoms with Crippen LogP contribution in [0.1, 0.15) is 35.4 Å². The molecule has 7 heteroatoms. The predicted octanol–water partition coefficient (Wildman–Crippen LogP) is 3.19. The van der Waals surface area contributed by atoms with E-state index < -0.39 is 4.92 Å². The monoisotopic (exact) mass is 344 g/mol. The number of halogens is 1. The van der Waals surface area contributed by atoms with Gasteiger partial charge in [0.15, 0.2) is 0 Å². The van der Waals surface area contributed by atoms with Crippen LogP contribution in [0, 0.1) is 10.1 Å². The topological polar surface area (TPSA) is 63.4 Å². The first-order valence-corrected chi connectivity index (χ1v) is 8.00. The zero-order valence-corrected chi connectivity index (χ0v) is 12.5. The second kappa shape index (κ2) is 4.86. The summed E-state index contributed by atoms with van der Waals surface area (Å²) in [6.07, 6.45) is 4.06. The third-order valence-electron chi connectivity index (χ3n) is 3.89. The Morgan fingerprint density at radius 1 is 1.37 bits per heavy atom. The zero-order chi connectivity index (χ0) is 13.6. The Bertz CT molecular complexity index is 519. The number of hydrogen-bond acceptors (Lipinski definition) is 4. The predicted molar refractivity (Wildman–Crippen MR) is 75.9 cm³/mol. The molecule has 0 aromatic carbocycles. The molecule has 2 fully saturated rings. The van der Waals surface area contributed by atoms with Gasteiger partial charge in [-0.15, -0.1) is 0 Å². The van der Waals surface area contributed by atoms with Crippen molar-refractivity contribution in [2.45, 2.75) is 42.6 Å². The second-order valence-electron chi connectivity index (χ2n) is 5.06. The lowest BCUT2D eigenvalue weighted by molar-refractivity contribution is -0.380. The van der Waals surface area contributed by atoms with E-state index in [1.54, 1.807) is 6.07 Å². The molecule has 3 rings (SSSR count). The minimum atomic E-state index is -0.444. The van der Waals surface area contributed by atoms with E-state index in [0.29, 0.717) is 9.70 Å². The Kier molecular flexibility index (Phi) is 3.34. The molecule has 0 aliphatic carbocycles. The van der Waals surface area contributed by atoms with Crippen LogP contribution in [0.25, 0.3) is 0 Å². The van der Waals surface area contributed by atoms with E-state index in [0.717, 1.165) is 37.0 Å². The van der Waals surface area contributed by atoms with E-state index in [1.165, 1.54) is 6.07 Å². The van der Waals surface area contributed by atoms with Crippen molar-refractivity contribution in [1.29, 1.82) is 0 Å². The summed E-state index contributed by atoms with van der Waals surface area (Å²) in [5.74, 6) is -0.0370. The lowest BCUT2D eigenvalue weighted by Crippen LogP contribution is -2.46. The summed E-state index contributed by atoms with van der Waals surface area (Å²) in [4.78, 5) is 25.7. The highest BCUT2D eigenvalue weighted by Crippen LogP contribution is 2.40. The van der Waals surface area contributed by atoms with Gasteiger partial charge in [0.05, 0.1) is 9.80 Å². The van der Waals surface area contributed by atoms with Gasteiger partial charge in [-0.25, -0.2) is 0 Å². The van der Waals surface area contributed by atoms with Crippen LogP contribution in [-0.2, 0) is 0 Å². The molecule has 1 amide bonds. The number of thiophene rings is 1. The molecule has 2 aliphatic rings. The number of alkyl halides is 1. The van der Waals surface area contributed by atoms with Crippen molar-refractivity contribution in [3.63, 3.8) is 0 Å². The van der Waals surface area contributed by atoms with Gasteiger partial charge in [0.2, 0.25) is 0 Å². The minimum absolute atomic E-state index is 0.0334. The lowest BCUT2D eigenvalue weighted by atomic mass is 10.0. The smallest absolute Gasteiger partial charge is 0.324 e. The number of amides is 1. The molecule has 2 atom stereocenters. The molecule has 19 heavy (non-hydrogen) atoms. The first-order valence-electron chi connectivity index (χ1n) is 6.27. The number of fused-ring (bicyclic) bond motifs is 2. The third-order valence-corrected chi connectivity index (χ3v) is 5.67. The molecule has 1 aromatic rings. The van der Waals surface area contributed by atoms with Crippen LogP contribution < -0.4 is 0 Å². The summed E-state index contributed by atoms with van der Waals surface area (Å²) in [5.41, 5.74) is 0. The van der Waals surface area contributed by atoms with Gasteiger partial charge >= 0.3 is 5.00 Å². The van der Waals surface area contributed by atoms with Crippen LogP contribution in [0.5, 0.6) is 0 Å². The standard InChI is InChI=1S/C12H13BrN2O3S/c13-7-5-8-1-2-9(6-7)14(8)12(16)10-3-4-11(19-10)15(17)18/h3-4,7-9H,1-2,5-6H2. The first-order chi connectivity index (χ1) is 9.06. The van der Waals surface area contributed by atoms with Gasteiger partial charge in [-0.1, -0.05) is 27.3 Å². The number of carbonyl (C=O) groups is 1. The lowest BCUT2D eigenvalue weighted by Gasteiger charge is -2.36. The Morgan fingerprint density at radius 2 is 2.00 bits per heavy atom. The third kappa shape index (κ3) is 2.29. The van der Waals surface area contributed by atoms with Crippen LogP contribution in [0.3, 0.4) is 0 Å². The quantitative estimate of drug-likeness (QED) is 0.470. The van der Waals surface area contributed by atoms with Gasteiger partial charge in [-0.2, -0.15) is 0 Å². The molecule has 0 saturated carbocycles. The Balaban J connectivity index is 1.82. The zero-order valence-electron chi connectivity index (χ0n) is 10.1. The Morgan fingerprint density at radius 3 is 2.53 bits per heavy atom. The highest BCUT2D eigenvalue weighted by Gasteiger charge is 2.43. The van der Waals surface area contributed by atoms with Gasteiger partial charge in [0, 0.05) is 23.0 Å². The molecular formula is C12H13BrN2O3S. The van der Waals surface area contributed by atoms with Crippen LogP contribution in [0.15, 0.2) is 12.1 Å². The molecule has 2 unspecified atom stereocenters. The molecule has 3 heterocycles. The molecule has 5 nitrogen and oxygen atoms in total. The summed E-state index contributed by atoms with van der Waals surface area (Å²) >= 11 is 4.61. The Labute approximate surface area is 122 Å². The highest BCUT2D eigenvalue weighted by atomic mass is 79.9. The molecular weight excluding hydrogens is 332 g/mol. The van der Waals surface area contributed by atoms with Crippen molar-refractivity contribution >= 4 is 38.2 Å². The van der Waals surface area contributed by atoms with Crippen LogP contribution in [-0.4, -0.2) is 32.6 Å². The van der Waals surface area contributed by atoms with Crippen LogP contribution in [0.2, 0.25) is 0 Å². The fourth-order valence-electron chi connectivity index (χ4n) is 3.11. The molecule has 1 aromatic heterocycles. The van der Waals surface area contributed by atoms with Gasteiger partial charge in [-0.3, -0.25) is 14.9 Å². The van der Waals surface area contributed by atoms with E-state index in [9.17, 15) is 14.9 Å². The van der Waals surface area contributed by atoms with E-state index in [-0.39, 0.29) is 23.0 Å². The fourth-order valence-corrected chi connectivity index (χ4v) is 4.74. The molecule has 2 bridgehead atoms. The van der Waals surface area contributed by atoms with Crippen LogP contribution in [0.4, 0.5) is 5.00 Å². The summed E-state index contributed by atoms with van der Waals surface area (Å²) in [5, 5.41) is 10.7. The molecule has 0 radical (unpaired) electrons. The number of nitro groups is 1. The summed E-state index contributed by atoms with van der Waals surface area (Å²) < 4.78 is 0. The van der Waals surface area contributed by atoms with Gasteiger partial charge in [-0.05, 0) is 31.7 Å². The number of hydrogen-bond donors (Lipinski definition) is 0. The molecule has 102 valence electrons. The van der Waals surface area contributed by atoms with Crippen molar-refractivity contribution < 1.29 is 9.72 Å². The van der Waals surface area contributed by atoms with Crippen molar-refractivity contribution in [2.75, 3.05) is 0 Å². The average Bonchev–Trinajstić information content (AvgIpc) is 2.93. The number of carbonyl (C=O) groups excluding carboxylic acids is 1. The van der Waals surface area contributed by atoms with E-state index >= 15 is 0 Å². The summed E-state index contributed by atoms with van der Waals surface area (Å²) in [7, 11) is 0. The summed E-state index contributed by atoms with van der Waals surface area (Å²) in [6.45, 7) is 0. The van der Waals surface area contributed by atoms with Crippen molar-refractivity contribution in [3.8, 4) is 0 Å². The van der Waals surface area contributed by atoms with E-state index in [4.69, 9.17) is 0 Å². The average molecular weight is 345 g/mol. The van der Waals surface area contributed by atoms with Gasteiger partial charge in [0.25, 0.3) is 5.91 Å². The maximum atomic E-state index is 12.5. The van der Waals surface area contributed by atoms with Gasteiger partial charge in [0.1, 0.15) is 0 Å². The molecule has 2 aliphatic heterocycles. The van der Waals surface area contributed by atoms with E-state index in [2.05, 4.69) is 15.9 Å². The fraction of sp³-hybridized carbons (Fsp3) is 0.583. The molecule has 0 spiro atoms. The van der Waals surface area contributed by atoms with E-state index in [1.807, 2.05) is 4.90 Å². The normalized spacial score (nSPS) is 29.5. The molecule has 0 N–H and O–H groups in total. The maximum absolute atomic E-state index is 12.5. The largest absolute Gasteiger partial charge is 0.332 e. The molecule has 2 saturated heterocycles. The van der Waals surface area contributed by atoms with Crippen molar-refractivity contribution in [1.82, 2.24) is 4.90 Å². The van der Waals surface area contributed by atoms with Crippen LogP contribution >= 0.6 is 27.3 Å². The van der Waals surface area contributed by atoms with Gasteiger partial charge < -0.3 is 4.90 Å². The van der Waals surface area contributed by atoms with Crippen molar-refractivity contribution in [3.05, 3.63) is 27.1 Å². The first kappa shape index (κ1) is 13.1. The highest BCUT2D eigenvalue weighted by molar-refractivity contribution is 9.09. The second-order valence-corrected chi connectivity index (χ2v) is 7.42. The number of piperidine rings is 1.